The lowest BCUT2D eigenvalue weighted by atomic mass is 10.3. The normalized spacial score (nSPS) is 16.6. The molecule has 10 heteroatoms. The van der Waals surface area contributed by atoms with Gasteiger partial charge >= 0.3 is 0 Å². The molecule has 7 nitrogen and oxygen atoms in total. The molecule has 1 unspecified atom stereocenters. The first-order valence-corrected chi connectivity index (χ1v) is 11.0. The van der Waals surface area contributed by atoms with Gasteiger partial charge in [-0.05, 0) is 18.2 Å². The van der Waals surface area contributed by atoms with Crippen LogP contribution in [0, 0.1) is 0 Å². The van der Waals surface area contributed by atoms with Crippen LogP contribution in [0.25, 0.3) is 11.0 Å². The van der Waals surface area contributed by atoms with Crippen molar-refractivity contribution in [2.45, 2.75) is 4.90 Å². The Morgan fingerprint density at radius 3 is 2.71 bits per heavy atom. The monoisotopic (exact) mass is 438 g/mol. The molecule has 1 aliphatic rings. The Morgan fingerprint density at radius 1 is 1.14 bits per heavy atom. The van der Waals surface area contributed by atoms with Crippen LogP contribution >= 0.6 is 23.2 Å². The van der Waals surface area contributed by atoms with Crippen LogP contribution < -0.4 is 4.90 Å². The van der Waals surface area contributed by atoms with Crippen LogP contribution in [0.4, 0.5) is 5.82 Å². The molecule has 1 atom stereocenters. The van der Waals surface area contributed by atoms with Gasteiger partial charge < -0.3 is 4.90 Å². The van der Waals surface area contributed by atoms with Gasteiger partial charge in [-0.2, -0.15) is 5.10 Å². The van der Waals surface area contributed by atoms with Crippen molar-refractivity contribution in [1.82, 2.24) is 24.6 Å². The van der Waals surface area contributed by atoms with Gasteiger partial charge in [0.15, 0.2) is 5.65 Å². The molecular weight excluding hydrogens is 419 g/mol. The third kappa shape index (κ3) is 4.00. The van der Waals surface area contributed by atoms with Gasteiger partial charge in [-0.15, -0.1) is 0 Å². The zero-order valence-corrected chi connectivity index (χ0v) is 17.7. The number of halogens is 2. The number of anilines is 1. The molecule has 1 fully saturated rings. The second kappa shape index (κ2) is 8.32. The summed E-state index contributed by atoms with van der Waals surface area (Å²) in [5.74, 6) is 1.45. The Kier molecular flexibility index (Phi) is 5.82. The van der Waals surface area contributed by atoms with Crippen molar-refractivity contribution in [1.29, 1.82) is 0 Å². The second-order valence-electron chi connectivity index (χ2n) is 6.66. The summed E-state index contributed by atoms with van der Waals surface area (Å²) in [6.45, 7) is 4.21. The third-order valence-corrected chi connectivity index (χ3v) is 6.97. The van der Waals surface area contributed by atoms with Crippen LogP contribution in [0.3, 0.4) is 0 Å². The Labute approximate surface area is 175 Å². The number of nitrogens with zero attached hydrogens (tertiary/aromatic N) is 6. The van der Waals surface area contributed by atoms with E-state index in [4.69, 9.17) is 23.2 Å². The van der Waals surface area contributed by atoms with Gasteiger partial charge in [0.25, 0.3) is 0 Å². The van der Waals surface area contributed by atoms with Gasteiger partial charge in [-0.1, -0.05) is 23.2 Å². The highest BCUT2D eigenvalue weighted by atomic mass is 35.5. The van der Waals surface area contributed by atoms with Crippen molar-refractivity contribution in [2.75, 3.05) is 43.4 Å². The van der Waals surface area contributed by atoms with Gasteiger partial charge in [0.2, 0.25) is 0 Å². The number of benzene rings is 1. The van der Waals surface area contributed by atoms with Gasteiger partial charge in [0, 0.05) is 50.5 Å². The van der Waals surface area contributed by atoms with E-state index in [1.807, 2.05) is 13.2 Å². The summed E-state index contributed by atoms with van der Waals surface area (Å²) in [6, 6.07) is 5.08. The van der Waals surface area contributed by atoms with E-state index >= 15 is 0 Å². The lowest BCUT2D eigenvalue weighted by molar-refractivity contribution is 0.272. The van der Waals surface area contributed by atoms with E-state index in [1.165, 1.54) is 0 Å². The summed E-state index contributed by atoms with van der Waals surface area (Å²) in [5.41, 5.74) is 0.834. The Balaban J connectivity index is 1.35. The van der Waals surface area contributed by atoms with Crippen molar-refractivity contribution in [3.05, 3.63) is 40.8 Å². The predicted molar refractivity (Wildman–Crippen MR) is 113 cm³/mol. The van der Waals surface area contributed by atoms with E-state index in [0.29, 0.717) is 20.7 Å². The molecule has 0 saturated carbocycles. The SMILES string of the molecule is Cn1ncc2c(N3CCN(CCS(=O)c4cc(Cl)ccc4Cl)CC3)ncnc21. The van der Waals surface area contributed by atoms with E-state index in [9.17, 15) is 4.21 Å². The van der Waals surface area contributed by atoms with Crippen LogP contribution in [0.1, 0.15) is 0 Å². The fourth-order valence-electron chi connectivity index (χ4n) is 3.36. The molecular formula is C18H20Cl2N6OS. The van der Waals surface area contributed by atoms with E-state index in [0.717, 1.165) is 49.6 Å². The number of aryl methyl sites for hydroxylation is 1. The lowest BCUT2D eigenvalue weighted by Gasteiger charge is -2.35. The maximum atomic E-state index is 12.6. The molecule has 0 radical (unpaired) electrons. The average molecular weight is 439 g/mol. The fraction of sp³-hybridized carbons (Fsp3) is 0.389. The van der Waals surface area contributed by atoms with Crippen molar-refractivity contribution in [3.63, 3.8) is 0 Å². The first-order valence-electron chi connectivity index (χ1n) is 8.96. The smallest absolute Gasteiger partial charge is 0.163 e. The third-order valence-electron chi connectivity index (χ3n) is 4.91. The maximum absolute atomic E-state index is 12.6. The molecule has 0 N–H and O–H groups in total. The van der Waals surface area contributed by atoms with Crippen molar-refractivity contribution in [2.24, 2.45) is 7.05 Å². The van der Waals surface area contributed by atoms with Crippen LogP contribution in [-0.4, -0.2) is 67.3 Å². The molecule has 1 aliphatic heterocycles. The number of hydrogen-bond donors (Lipinski definition) is 0. The average Bonchev–Trinajstić information content (AvgIpc) is 3.09. The number of fused-ring (bicyclic) bond motifs is 1. The minimum absolute atomic E-state index is 0.497. The van der Waals surface area contributed by atoms with E-state index in [-0.39, 0.29) is 0 Å². The Morgan fingerprint density at radius 2 is 1.93 bits per heavy atom. The molecule has 2 aromatic heterocycles. The van der Waals surface area contributed by atoms with Gasteiger partial charge in [-0.3, -0.25) is 13.8 Å². The topological polar surface area (TPSA) is 67.2 Å². The zero-order valence-electron chi connectivity index (χ0n) is 15.4. The van der Waals surface area contributed by atoms with Crippen molar-refractivity contribution >= 4 is 50.9 Å². The molecule has 3 aromatic rings. The summed E-state index contributed by atoms with van der Waals surface area (Å²) < 4.78 is 14.4. The first kappa shape index (κ1) is 19.6. The minimum atomic E-state index is -1.17. The molecule has 0 amide bonds. The molecule has 0 bridgehead atoms. The van der Waals surface area contributed by atoms with Gasteiger partial charge in [0.1, 0.15) is 12.1 Å². The molecule has 148 valence electrons. The highest BCUT2D eigenvalue weighted by Crippen LogP contribution is 2.25. The van der Waals surface area contributed by atoms with Crippen molar-refractivity contribution in [3.8, 4) is 0 Å². The van der Waals surface area contributed by atoms with Gasteiger partial charge in [-0.25, -0.2) is 9.97 Å². The number of piperazine rings is 1. The van der Waals surface area contributed by atoms with Crippen molar-refractivity contribution < 1.29 is 4.21 Å². The quantitative estimate of drug-likeness (QED) is 0.609. The lowest BCUT2D eigenvalue weighted by Crippen LogP contribution is -2.47. The highest BCUT2D eigenvalue weighted by Gasteiger charge is 2.21. The number of hydrogen-bond acceptors (Lipinski definition) is 6. The molecule has 3 heterocycles. The summed E-state index contributed by atoms with van der Waals surface area (Å²) in [7, 11) is 0.708. The van der Waals surface area contributed by atoms with Crippen LogP contribution in [0.5, 0.6) is 0 Å². The maximum Gasteiger partial charge on any atom is 0.163 e. The molecule has 4 rings (SSSR count). The van der Waals surface area contributed by atoms with E-state index in [2.05, 4.69) is 24.9 Å². The van der Waals surface area contributed by atoms with Gasteiger partial charge in [0.05, 0.1) is 32.3 Å². The second-order valence-corrected chi connectivity index (χ2v) is 9.04. The molecule has 1 aromatic carbocycles. The summed E-state index contributed by atoms with van der Waals surface area (Å²) in [4.78, 5) is 13.9. The van der Waals surface area contributed by atoms with Crippen LogP contribution in [0.2, 0.25) is 10.0 Å². The largest absolute Gasteiger partial charge is 0.353 e. The molecule has 1 saturated heterocycles. The van der Waals surface area contributed by atoms with E-state index in [1.54, 1.807) is 29.2 Å². The summed E-state index contributed by atoms with van der Waals surface area (Å²) >= 11 is 12.2. The Hall–Kier alpha value is -1.74. The van der Waals surface area contributed by atoms with Crippen LogP contribution in [0.15, 0.2) is 35.6 Å². The standard InChI is InChI=1S/C18H20Cl2N6OS/c1-24-17-14(11-23-24)18(22-12-21-17)26-6-4-25(5-7-26)8-9-28(27)16-10-13(19)2-3-15(16)20/h2-3,10-12H,4-9H2,1H3. The summed E-state index contributed by atoms with van der Waals surface area (Å²) in [6.07, 6.45) is 3.40. The number of aromatic nitrogens is 4. The minimum Gasteiger partial charge on any atom is -0.353 e. The first-order chi connectivity index (χ1) is 13.5. The predicted octanol–water partition coefficient (Wildman–Crippen LogP) is 2.60. The number of rotatable bonds is 5. The molecule has 28 heavy (non-hydrogen) atoms. The summed E-state index contributed by atoms with van der Waals surface area (Å²) in [5, 5.41) is 6.29. The van der Waals surface area contributed by atoms with Crippen LogP contribution in [-0.2, 0) is 17.8 Å². The molecule has 0 aliphatic carbocycles. The fourth-order valence-corrected chi connectivity index (χ4v) is 5.16. The zero-order chi connectivity index (χ0) is 19.7. The highest BCUT2D eigenvalue weighted by molar-refractivity contribution is 7.85. The molecule has 0 spiro atoms. The Bertz CT molecular complexity index is 1020. The van der Waals surface area contributed by atoms with E-state index < -0.39 is 10.8 Å².